The molecule has 0 saturated carbocycles. The molecule has 0 spiro atoms. The maximum Gasteiger partial charge on any atom is 0.241 e. The van der Waals surface area contributed by atoms with E-state index in [1.165, 1.54) is 31.2 Å². The monoisotopic (exact) mass is 420 g/mol. The quantitative estimate of drug-likeness (QED) is 0.579. The Kier molecular flexibility index (Phi) is 3.86. The number of hydrogen-bond acceptors (Lipinski definition) is 6. The van der Waals surface area contributed by atoms with Crippen LogP contribution in [0.3, 0.4) is 0 Å². The summed E-state index contributed by atoms with van der Waals surface area (Å²) in [7, 11) is -7.53. The first-order valence-electron chi connectivity index (χ1n) is 13.9. The summed E-state index contributed by atoms with van der Waals surface area (Å²) in [5.41, 5.74) is -0.235. The molecule has 2 rings (SSSR count). The van der Waals surface area contributed by atoms with Gasteiger partial charge in [-0.1, -0.05) is 18.2 Å². The zero-order valence-corrected chi connectivity index (χ0v) is 15.7. The summed E-state index contributed by atoms with van der Waals surface area (Å²) >= 11 is 0. The van der Waals surface area contributed by atoms with Crippen molar-refractivity contribution in [1.82, 2.24) is 5.32 Å². The van der Waals surface area contributed by atoms with Gasteiger partial charge in [0.1, 0.15) is 17.2 Å². The van der Waals surface area contributed by atoms with E-state index in [0.717, 1.165) is 18.2 Å². The Morgan fingerprint density at radius 2 is 1.93 bits per heavy atom. The second kappa shape index (κ2) is 10.3. The minimum absolute atomic E-state index is 0.235. The smallest absolute Gasteiger partial charge is 0.241 e. The van der Waals surface area contributed by atoms with Crippen LogP contribution in [0, 0.1) is 0 Å². The van der Waals surface area contributed by atoms with Gasteiger partial charge in [0, 0.05) is 19.4 Å². The number of methoxy groups -OCH3 is 1. The molecule has 0 aliphatic rings. The number of nitrogens with one attached hydrogen (secondary N) is 1. The standard InChI is InChI=1S/C20H28N2O5S/c1-4-26-17-7-5-6-8-18(17)27-12-11-22-15(2)13-16-9-10-19(25-3)20(14-16)28(21,23)24/h5-10,14-15,22H,4,11-13H2,1-3H3,(H2,21,23,24)/t15-/m1/s1/i1D3,3D3,4D2,12D2,13D2. The van der Waals surface area contributed by atoms with Gasteiger partial charge < -0.3 is 19.5 Å². The van der Waals surface area contributed by atoms with Crippen LogP contribution in [0.5, 0.6) is 17.2 Å². The summed E-state index contributed by atoms with van der Waals surface area (Å²) in [5, 5.41) is 7.77. The summed E-state index contributed by atoms with van der Waals surface area (Å²) in [6, 6.07) is 6.91. The zero-order valence-electron chi connectivity index (χ0n) is 26.9. The van der Waals surface area contributed by atoms with Gasteiger partial charge in [0.05, 0.1) is 23.2 Å². The van der Waals surface area contributed by atoms with E-state index in [-0.39, 0.29) is 17.1 Å². The highest BCUT2D eigenvalue weighted by Crippen LogP contribution is 2.26. The Balaban J connectivity index is 2.24. The lowest BCUT2D eigenvalue weighted by Crippen LogP contribution is -2.32. The number of primary sulfonamides is 1. The molecule has 0 fully saturated rings. The van der Waals surface area contributed by atoms with Crippen LogP contribution in [-0.2, 0) is 16.4 Å². The highest BCUT2D eigenvalue weighted by molar-refractivity contribution is 7.89. The number of nitrogens with two attached hydrogens (primary N) is 1. The summed E-state index contributed by atoms with van der Waals surface area (Å²) in [4.78, 5) is -0.760. The fraction of sp³-hybridized carbons (Fsp3) is 0.400. The van der Waals surface area contributed by atoms with Gasteiger partial charge in [0.25, 0.3) is 0 Å². The molecule has 1 atom stereocenters. The Morgan fingerprint density at radius 1 is 1.18 bits per heavy atom. The molecule has 28 heavy (non-hydrogen) atoms. The molecule has 0 saturated heterocycles. The van der Waals surface area contributed by atoms with Gasteiger partial charge in [0.15, 0.2) is 11.5 Å². The Labute approximate surface area is 183 Å². The van der Waals surface area contributed by atoms with E-state index in [0.29, 0.717) is 0 Å². The van der Waals surface area contributed by atoms with Crippen molar-refractivity contribution in [2.24, 2.45) is 5.14 Å². The molecular weight excluding hydrogens is 380 g/mol. The van der Waals surface area contributed by atoms with E-state index in [2.05, 4.69) is 10.1 Å². The minimum atomic E-state index is -4.53. The SMILES string of the molecule is [2H]C([2H])([2H])Oc1ccc(C([2H])([2H])[C@@H](C)NCC([2H])([2H])Oc2ccccc2OC([2H])([2H])C([2H])([2H])[2H])cc1S(N)(=O)=O. The van der Waals surface area contributed by atoms with Crippen LogP contribution in [0.25, 0.3) is 0 Å². The molecule has 2 aromatic rings. The second-order valence-electron chi connectivity index (χ2n) is 5.45. The molecule has 0 aliphatic carbocycles. The molecule has 154 valence electrons. The maximum atomic E-state index is 12.0. The summed E-state index contributed by atoms with van der Waals surface area (Å²) < 4.78 is 131. The number of benzene rings is 2. The molecule has 8 heteroatoms. The van der Waals surface area contributed by atoms with Crippen molar-refractivity contribution >= 4 is 10.0 Å². The molecular formula is C20H28N2O5S. The molecule has 7 nitrogen and oxygen atoms in total. The Morgan fingerprint density at radius 3 is 2.61 bits per heavy atom. The predicted molar refractivity (Wildman–Crippen MR) is 109 cm³/mol. The third-order valence-corrected chi connectivity index (χ3v) is 4.35. The number of para-hydroxylation sites is 2. The van der Waals surface area contributed by atoms with Crippen molar-refractivity contribution in [3.05, 3.63) is 48.0 Å². The summed E-state index contributed by atoms with van der Waals surface area (Å²) in [6.07, 6.45) is -2.36. The van der Waals surface area contributed by atoms with Crippen molar-refractivity contribution in [1.29, 1.82) is 0 Å². The molecule has 3 N–H and O–H groups in total. The Hall–Kier alpha value is -2.29. The first kappa shape index (κ1) is 10.5. The van der Waals surface area contributed by atoms with Crippen LogP contribution in [0.4, 0.5) is 0 Å². The van der Waals surface area contributed by atoms with Gasteiger partial charge in [-0.25, -0.2) is 13.6 Å². The second-order valence-corrected chi connectivity index (χ2v) is 6.98. The summed E-state index contributed by atoms with van der Waals surface area (Å²) in [6.45, 7) is -8.12. The molecule has 0 aromatic heterocycles. The van der Waals surface area contributed by atoms with Gasteiger partial charge in [-0.15, -0.1) is 0 Å². The maximum absolute atomic E-state index is 12.0. The van der Waals surface area contributed by atoms with Crippen molar-refractivity contribution < 1.29 is 39.1 Å². The highest BCUT2D eigenvalue weighted by Gasteiger charge is 2.16. The van der Waals surface area contributed by atoms with Crippen molar-refractivity contribution in [3.63, 3.8) is 0 Å². The third-order valence-electron chi connectivity index (χ3n) is 3.42. The first-order valence-corrected chi connectivity index (χ1v) is 9.47. The molecule has 0 unspecified atom stereocenters. The largest absolute Gasteiger partial charge is 0.495 e. The fourth-order valence-electron chi connectivity index (χ4n) is 2.19. The van der Waals surface area contributed by atoms with Gasteiger partial charge >= 0.3 is 0 Å². The van der Waals surface area contributed by atoms with Crippen molar-refractivity contribution in [2.45, 2.75) is 31.1 Å². The van der Waals surface area contributed by atoms with Gasteiger partial charge in [-0.2, -0.15) is 0 Å². The molecule has 0 aliphatic heterocycles. The van der Waals surface area contributed by atoms with Crippen molar-refractivity contribution in [3.8, 4) is 17.2 Å². The third kappa shape index (κ3) is 6.40. The van der Waals surface area contributed by atoms with Gasteiger partial charge in [-0.3, -0.25) is 0 Å². The lowest BCUT2D eigenvalue weighted by molar-refractivity contribution is 0.272. The predicted octanol–water partition coefficient (Wildman–Crippen LogP) is 2.34. The van der Waals surface area contributed by atoms with E-state index < -0.39 is 66.6 Å². The van der Waals surface area contributed by atoms with Crippen LogP contribution in [0.15, 0.2) is 47.4 Å². The number of hydrogen-bond donors (Lipinski definition) is 2. The average Bonchev–Trinajstić information content (AvgIpc) is 2.76. The van der Waals surface area contributed by atoms with Crippen LogP contribution in [0.2, 0.25) is 0 Å². The molecule has 0 radical (unpaired) electrons. The lowest BCUT2D eigenvalue weighted by Gasteiger charge is -2.16. The average molecular weight is 421 g/mol. The fourth-order valence-corrected chi connectivity index (χ4v) is 2.87. The first-order chi connectivity index (χ1) is 17.9. The Bertz CT molecular complexity index is 1300. The van der Waals surface area contributed by atoms with Crippen LogP contribution in [-0.4, -0.2) is 41.2 Å². The number of ether oxygens (including phenoxy) is 3. The van der Waals surface area contributed by atoms with Crippen LogP contribution < -0.4 is 24.7 Å². The van der Waals surface area contributed by atoms with E-state index in [9.17, 15) is 8.42 Å². The van der Waals surface area contributed by atoms with E-state index in [1.807, 2.05) is 0 Å². The molecule has 0 bridgehead atoms. The number of sulfonamides is 1. The molecule has 0 heterocycles. The van der Waals surface area contributed by atoms with Gasteiger partial charge in [0.2, 0.25) is 10.0 Å². The van der Waals surface area contributed by atoms with E-state index >= 15 is 0 Å². The van der Waals surface area contributed by atoms with Crippen molar-refractivity contribution in [2.75, 3.05) is 26.7 Å². The lowest BCUT2D eigenvalue weighted by atomic mass is 10.1. The van der Waals surface area contributed by atoms with Crippen LogP contribution in [0.1, 0.15) is 35.8 Å². The zero-order chi connectivity index (χ0) is 30.9. The highest BCUT2D eigenvalue weighted by atomic mass is 32.2. The number of rotatable bonds is 11. The van der Waals surface area contributed by atoms with E-state index in [1.54, 1.807) is 0 Å². The summed E-state index contributed by atoms with van der Waals surface area (Å²) in [5.74, 6) is -1.30. The van der Waals surface area contributed by atoms with Crippen LogP contribution >= 0.6 is 0 Å². The van der Waals surface area contributed by atoms with Gasteiger partial charge in [-0.05, 0) is 50.0 Å². The topological polar surface area (TPSA) is 99.9 Å². The normalized spacial score (nSPS) is 21.2. The van der Waals surface area contributed by atoms with E-state index in [4.69, 9.17) is 31.1 Å². The molecule has 2 aromatic carbocycles. The molecule has 0 amide bonds. The minimum Gasteiger partial charge on any atom is -0.495 e.